The first-order valence-corrected chi connectivity index (χ1v) is 5.94. The van der Waals surface area contributed by atoms with E-state index >= 15 is 0 Å². The van der Waals surface area contributed by atoms with Crippen LogP contribution in [0.1, 0.15) is 32.2 Å². The SMILES string of the molecule is COC(=O)c1ccnc(NC(=O)c2cc(C)oc2C)c1. The van der Waals surface area contributed by atoms with E-state index in [9.17, 15) is 9.59 Å². The molecule has 6 nitrogen and oxygen atoms in total. The van der Waals surface area contributed by atoms with Crippen molar-refractivity contribution >= 4 is 17.7 Å². The van der Waals surface area contributed by atoms with Gasteiger partial charge < -0.3 is 14.5 Å². The summed E-state index contributed by atoms with van der Waals surface area (Å²) in [5, 5.41) is 2.61. The second kappa shape index (κ2) is 5.56. The summed E-state index contributed by atoms with van der Waals surface area (Å²) in [6.45, 7) is 3.47. The summed E-state index contributed by atoms with van der Waals surface area (Å²) in [5.74, 6) is 0.635. The number of carbonyl (C=O) groups is 2. The maximum Gasteiger partial charge on any atom is 0.338 e. The molecule has 0 unspecified atom stereocenters. The van der Waals surface area contributed by atoms with Crippen LogP contribution in [0, 0.1) is 13.8 Å². The van der Waals surface area contributed by atoms with E-state index in [4.69, 9.17) is 4.42 Å². The van der Waals surface area contributed by atoms with Gasteiger partial charge in [0.1, 0.15) is 17.3 Å². The zero-order valence-electron chi connectivity index (χ0n) is 11.4. The highest BCUT2D eigenvalue weighted by Gasteiger charge is 2.15. The van der Waals surface area contributed by atoms with Gasteiger partial charge >= 0.3 is 5.97 Å². The molecule has 0 bridgehead atoms. The van der Waals surface area contributed by atoms with Crippen molar-refractivity contribution in [3.8, 4) is 0 Å². The number of ether oxygens (including phenoxy) is 1. The molecule has 0 aliphatic heterocycles. The summed E-state index contributed by atoms with van der Waals surface area (Å²) < 4.78 is 9.91. The van der Waals surface area contributed by atoms with Crippen molar-refractivity contribution in [2.75, 3.05) is 12.4 Å². The molecule has 2 heterocycles. The molecule has 0 atom stereocenters. The normalized spacial score (nSPS) is 10.2. The number of aryl methyl sites for hydroxylation is 2. The minimum Gasteiger partial charge on any atom is -0.466 e. The number of furan rings is 1. The van der Waals surface area contributed by atoms with E-state index < -0.39 is 5.97 Å². The van der Waals surface area contributed by atoms with Gasteiger partial charge in [-0.1, -0.05) is 0 Å². The number of carbonyl (C=O) groups excluding carboxylic acids is 2. The summed E-state index contributed by atoms with van der Waals surface area (Å²) in [7, 11) is 1.29. The van der Waals surface area contributed by atoms with Crippen LogP contribution in [0.25, 0.3) is 0 Å². The van der Waals surface area contributed by atoms with Crippen LogP contribution >= 0.6 is 0 Å². The van der Waals surface area contributed by atoms with Gasteiger partial charge in [-0.05, 0) is 32.0 Å². The molecule has 1 N–H and O–H groups in total. The molecule has 0 aliphatic rings. The van der Waals surface area contributed by atoms with Crippen LogP contribution in [0.15, 0.2) is 28.8 Å². The zero-order valence-corrected chi connectivity index (χ0v) is 11.4. The van der Waals surface area contributed by atoms with Gasteiger partial charge in [0.25, 0.3) is 5.91 Å². The number of aromatic nitrogens is 1. The first-order chi connectivity index (χ1) is 9.51. The Labute approximate surface area is 115 Å². The lowest BCUT2D eigenvalue weighted by atomic mass is 10.2. The predicted molar refractivity (Wildman–Crippen MR) is 71.7 cm³/mol. The van der Waals surface area contributed by atoms with Gasteiger partial charge in [0.15, 0.2) is 0 Å². The quantitative estimate of drug-likeness (QED) is 0.869. The average molecular weight is 274 g/mol. The third-order valence-electron chi connectivity index (χ3n) is 2.71. The van der Waals surface area contributed by atoms with Crippen LogP contribution in [0.4, 0.5) is 5.82 Å². The second-order valence-electron chi connectivity index (χ2n) is 4.20. The van der Waals surface area contributed by atoms with Gasteiger partial charge in [-0.2, -0.15) is 0 Å². The summed E-state index contributed by atoms with van der Waals surface area (Å²) >= 11 is 0. The highest BCUT2D eigenvalue weighted by Crippen LogP contribution is 2.16. The summed E-state index contributed by atoms with van der Waals surface area (Å²) in [6, 6.07) is 4.61. The van der Waals surface area contributed by atoms with Crippen LogP contribution in [0.3, 0.4) is 0 Å². The molecule has 0 aliphatic carbocycles. The van der Waals surface area contributed by atoms with Crippen molar-refractivity contribution in [3.05, 3.63) is 47.0 Å². The molecule has 1 amide bonds. The van der Waals surface area contributed by atoms with E-state index in [1.807, 2.05) is 0 Å². The van der Waals surface area contributed by atoms with Gasteiger partial charge in [-0.3, -0.25) is 4.79 Å². The number of rotatable bonds is 3. The fraction of sp³-hybridized carbons (Fsp3) is 0.214. The molecule has 20 heavy (non-hydrogen) atoms. The largest absolute Gasteiger partial charge is 0.466 e. The molecular formula is C14H14N2O4. The van der Waals surface area contributed by atoms with Crippen molar-refractivity contribution < 1.29 is 18.7 Å². The number of nitrogens with one attached hydrogen (secondary N) is 1. The van der Waals surface area contributed by atoms with Gasteiger partial charge in [0, 0.05) is 6.20 Å². The van der Waals surface area contributed by atoms with E-state index in [1.165, 1.54) is 25.4 Å². The number of methoxy groups -OCH3 is 1. The van der Waals surface area contributed by atoms with E-state index in [2.05, 4.69) is 15.0 Å². The number of amides is 1. The summed E-state index contributed by atoms with van der Waals surface area (Å²) in [5.41, 5.74) is 0.755. The Balaban J connectivity index is 2.20. The number of esters is 1. The lowest BCUT2D eigenvalue weighted by Gasteiger charge is -2.05. The van der Waals surface area contributed by atoms with Crippen molar-refractivity contribution in [2.45, 2.75) is 13.8 Å². The Bertz CT molecular complexity index is 661. The number of nitrogens with zero attached hydrogens (tertiary/aromatic N) is 1. The first-order valence-electron chi connectivity index (χ1n) is 5.94. The van der Waals surface area contributed by atoms with Crippen LogP contribution in [0.5, 0.6) is 0 Å². The Morgan fingerprint density at radius 1 is 1.30 bits per heavy atom. The molecule has 104 valence electrons. The van der Waals surface area contributed by atoms with Gasteiger partial charge in [0.2, 0.25) is 0 Å². The molecule has 0 spiro atoms. The molecule has 0 fully saturated rings. The fourth-order valence-corrected chi connectivity index (χ4v) is 1.78. The second-order valence-corrected chi connectivity index (χ2v) is 4.20. The molecule has 2 rings (SSSR count). The van der Waals surface area contributed by atoms with Crippen LogP contribution in [0.2, 0.25) is 0 Å². The smallest absolute Gasteiger partial charge is 0.338 e. The topological polar surface area (TPSA) is 81.4 Å². The van der Waals surface area contributed by atoms with Crippen molar-refractivity contribution in [1.82, 2.24) is 4.98 Å². The maximum absolute atomic E-state index is 12.1. The number of hydrogen-bond donors (Lipinski definition) is 1. The molecule has 2 aromatic heterocycles. The van der Waals surface area contributed by atoms with Crippen LogP contribution in [-0.4, -0.2) is 24.0 Å². The Morgan fingerprint density at radius 2 is 2.05 bits per heavy atom. The molecule has 0 saturated carbocycles. The molecule has 0 radical (unpaired) electrons. The highest BCUT2D eigenvalue weighted by molar-refractivity contribution is 6.05. The Kier molecular flexibility index (Phi) is 3.84. The van der Waals surface area contributed by atoms with Gasteiger partial charge in [-0.15, -0.1) is 0 Å². The zero-order chi connectivity index (χ0) is 14.7. The molecule has 0 aromatic carbocycles. The molecule has 2 aromatic rings. The third-order valence-corrected chi connectivity index (χ3v) is 2.71. The molecule has 0 saturated heterocycles. The Hall–Kier alpha value is -2.63. The minimum absolute atomic E-state index is 0.274. The van der Waals surface area contributed by atoms with E-state index in [0.717, 1.165) is 0 Å². The number of pyridine rings is 1. The van der Waals surface area contributed by atoms with Crippen molar-refractivity contribution in [3.63, 3.8) is 0 Å². The lowest BCUT2D eigenvalue weighted by Crippen LogP contribution is -2.14. The number of anilines is 1. The van der Waals surface area contributed by atoms with Crippen molar-refractivity contribution in [2.24, 2.45) is 0 Å². The minimum atomic E-state index is -0.488. The lowest BCUT2D eigenvalue weighted by molar-refractivity contribution is 0.0600. The monoisotopic (exact) mass is 274 g/mol. The van der Waals surface area contributed by atoms with E-state index in [-0.39, 0.29) is 11.7 Å². The maximum atomic E-state index is 12.1. The van der Waals surface area contributed by atoms with Crippen molar-refractivity contribution in [1.29, 1.82) is 0 Å². The first kappa shape index (κ1) is 13.8. The van der Waals surface area contributed by atoms with Gasteiger partial charge in [-0.25, -0.2) is 9.78 Å². The summed E-state index contributed by atoms with van der Waals surface area (Å²) in [6.07, 6.45) is 1.43. The number of hydrogen-bond acceptors (Lipinski definition) is 5. The average Bonchev–Trinajstić information content (AvgIpc) is 2.77. The molecule has 6 heteroatoms. The standard InChI is InChI=1S/C14H14N2O4/c1-8-6-11(9(2)20-8)13(17)16-12-7-10(4-5-15-12)14(18)19-3/h4-7H,1-3H3,(H,15,16,17). The summed E-state index contributed by atoms with van der Waals surface area (Å²) in [4.78, 5) is 27.5. The molecular weight excluding hydrogens is 260 g/mol. The predicted octanol–water partition coefficient (Wildman–Crippen LogP) is 2.33. The van der Waals surface area contributed by atoms with Gasteiger partial charge in [0.05, 0.1) is 18.2 Å². The van der Waals surface area contributed by atoms with E-state index in [1.54, 1.807) is 19.9 Å². The highest BCUT2D eigenvalue weighted by atomic mass is 16.5. The van der Waals surface area contributed by atoms with Crippen LogP contribution in [-0.2, 0) is 4.74 Å². The van der Waals surface area contributed by atoms with E-state index in [0.29, 0.717) is 22.6 Å². The third kappa shape index (κ3) is 2.85. The van der Waals surface area contributed by atoms with Crippen LogP contribution < -0.4 is 5.32 Å². The Morgan fingerprint density at radius 3 is 2.65 bits per heavy atom. The fourth-order valence-electron chi connectivity index (χ4n) is 1.78.